The Kier molecular flexibility index (Phi) is 7.27. The molecule has 5 heteroatoms. The van der Waals surface area contributed by atoms with Crippen LogP contribution in [0.2, 0.25) is 0 Å². The van der Waals surface area contributed by atoms with Gasteiger partial charge < -0.3 is 4.74 Å². The summed E-state index contributed by atoms with van der Waals surface area (Å²) in [5.74, 6) is -0.443. The third-order valence-corrected chi connectivity index (χ3v) is 5.91. The van der Waals surface area contributed by atoms with E-state index in [4.69, 9.17) is 4.74 Å². The van der Waals surface area contributed by atoms with Crippen molar-refractivity contribution in [3.05, 3.63) is 149 Å². The van der Waals surface area contributed by atoms with Crippen LogP contribution < -0.4 is 4.74 Å². The Morgan fingerprint density at radius 2 is 1.39 bits per heavy atom. The number of aliphatic imine (C=N–C) groups is 1. The second-order valence-electron chi connectivity index (χ2n) is 8.54. The number of carbonyl (C=O) groups is 2. The van der Waals surface area contributed by atoms with Crippen molar-refractivity contribution in [1.29, 1.82) is 0 Å². The predicted molar refractivity (Wildman–Crippen MR) is 149 cm³/mol. The first-order chi connectivity index (χ1) is 18.5. The molecule has 0 saturated heterocycles. The second kappa shape index (κ2) is 11.3. The quantitative estimate of drug-likeness (QED) is 0.0753. The summed E-state index contributed by atoms with van der Waals surface area (Å²) in [5, 5.41) is 1.83. The zero-order valence-corrected chi connectivity index (χ0v) is 20.3. The molecular formula is C33H22FNO3. The van der Waals surface area contributed by atoms with Crippen LogP contribution in [0.1, 0.15) is 31.8 Å². The maximum atomic E-state index is 13.0. The molecular weight excluding hydrogens is 477 g/mol. The summed E-state index contributed by atoms with van der Waals surface area (Å²) in [6.07, 6.45) is 4.80. The number of hydrogen-bond donors (Lipinski definition) is 0. The number of hydrogen-bond acceptors (Lipinski definition) is 4. The second-order valence-corrected chi connectivity index (χ2v) is 8.54. The number of fused-ring (bicyclic) bond motifs is 1. The maximum absolute atomic E-state index is 13.0. The number of halogens is 1. The molecule has 0 spiro atoms. The van der Waals surface area contributed by atoms with Crippen molar-refractivity contribution in [2.45, 2.75) is 0 Å². The fourth-order valence-electron chi connectivity index (χ4n) is 3.89. The Labute approximate surface area is 219 Å². The number of carbonyl (C=O) groups excluding carboxylic acids is 2. The Hall–Kier alpha value is -5.16. The summed E-state index contributed by atoms with van der Waals surface area (Å²) < 4.78 is 18.6. The van der Waals surface area contributed by atoms with E-state index in [1.165, 1.54) is 18.2 Å². The van der Waals surface area contributed by atoms with Crippen molar-refractivity contribution >= 4 is 40.5 Å². The fraction of sp³-hybridized carbons (Fsp3) is 0. The highest BCUT2D eigenvalue weighted by Crippen LogP contribution is 2.21. The van der Waals surface area contributed by atoms with Gasteiger partial charge in [0.1, 0.15) is 11.6 Å². The number of rotatable bonds is 7. The summed E-state index contributed by atoms with van der Waals surface area (Å²) in [4.78, 5) is 29.6. The van der Waals surface area contributed by atoms with E-state index in [0.29, 0.717) is 22.6 Å². The van der Waals surface area contributed by atoms with Gasteiger partial charge in [-0.3, -0.25) is 9.79 Å². The zero-order chi connectivity index (χ0) is 26.3. The van der Waals surface area contributed by atoms with E-state index in [1.807, 2.05) is 48.5 Å². The number of ketones is 1. The van der Waals surface area contributed by atoms with E-state index >= 15 is 0 Å². The van der Waals surface area contributed by atoms with Crippen molar-refractivity contribution in [3.8, 4) is 5.75 Å². The minimum absolute atomic E-state index is 0.154. The Morgan fingerprint density at radius 1 is 0.711 bits per heavy atom. The molecule has 0 saturated carbocycles. The van der Waals surface area contributed by atoms with E-state index in [1.54, 1.807) is 66.9 Å². The maximum Gasteiger partial charge on any atom is 0.344 e. The van der Waals surface area contributed by atoms with Gasteiger partial charge in [-0.25, -0.2) is 9.18 Å². The molecule has 0 N–H and O–H groups in total. The van der Waals surface area contributed by atoms with Gasteiger partial charge in [0.25, 0.3) is 0 Å². The zero-order valence-electron chi connectivity index (χ0n) is 20.3. The summed E-state index contributed by atoms with van der Waals surface area (Å²) in [6, 6.07) is 33.2. The molecule has 5 aromatic carbocycles. The van der Waals surface area contributed by atoms with Crippen LogP contribution in [0.3, 0.4) is 0 Å². The van der Waals surface area contributed by atoms with Crippen molar-refractivity contribution in [2.75, 3.05) is 0 Å². The van der Waals surface area contributed by atoms with Gasteiger partial charge in [-0.1, -0.05) is 54.6 Å². The summed E-state index contributed by atoms with van der Waals surface area (Å²) in [7, 11) is 0. The van der Waals surface area contributed by atoms with Crippen LogP contribution in [0.4, 0.5) is 10.1 Å². The fourth-order valence-corrected chi connectivity index (χ4v) is 3.89. The van der Waals surface area contributed by atoms with Gasteiger partial charge in [0.15, 0.2) is 5.78 Å². The first-order valence-electron chi connectivity index (χ1n) is 12.0. The smallest absolute Gasteiger partial charge is 0.344 e. The summed E-state index contributed by atoms with van der Waals surface area (Å²) in [6.45, 7) is 0. The molecule has 4 nitrogen and oxygen atoms in total. The lowest BCUT2D eigenvalue weighted by Gasteiger charge is -2.07. The highest BCUT2D eigenvalue weighted by atomic mass is 19.1. The van der Waals surface area contributed by atoms with Crippen LogP contribution in [0.15, 0.2) is 126 Å². The van der Waals surface area contributed by atoms with Crippen molar-refractivity contribution < 1.29 is 18.7 Å². The standard InChI is InChI=1S/C33H22FNO3/c34-27-15-8-23(9-16-27)12-21-32(36)26-13-17-28(18-14-26)35-22-24-10-19-29(20-11-24)38-33(37)31-7-3-5-25-4-1-2-6-30(25)31/h1-22H/b21-12+,35-22?. The SMILES string of the molecule is O=C(/C=C/c1ccc(F)cc1)c1ccc(N=Cc2ccc(OC(=O)c3cccc4ccccc34)cc2)cc1. The normalized spacial score (nSPS) is 11.3. The van der Waals surface area contributed by atoms with E-state index in [-0.39, 0.29) is 11.6 Å². The van der Waals surface area contributed by atoms with Gasteiger partial charge in [-0.15, -0.1) is 0 Å². The van der Waals surface area contributed by atoms with E-state index in [0.717, 1.165) is 21.9 Å². The summed E-state index contributed by atoms with van der Waals surface area (Å²) in [5.41, 5.74) is 3.31. The monoisotopic (exact) mass is 499 g/mol. The molecule has 0 bridgehead atoms. The minimum Gasteiger partial charge on any atom is -0.423 e. The Bertz CT molecular complexity index is 1650. The largest absolute Gasteiger partial charge is 0.423 e. The van der Waals surface area contributed by atoms with E-state index in [9.17, 15) is 14.0 Å². The van der Waals surface area contributed by atoms with E-state index in [2.05, 4.69) is 4.99 Å². The van der Waals surface area contributed by atoms with Gasteiger partial charge in [0, 0.05) is 11.8 Å². The van der Waals surface area contributed by atoms with Crippen molar-refractivity contribution in [1.82, 2.24) is 0 Å². The van der Waals surface area contributed by atoms with Crippen LogP contribution in [0, 0.1) is 5.82 Å². The molecule has 0 aliphatic carbocycles. The number of ether oxygens (including phenoxy) is 1. The molecule has 0 radical (unpaired) electrons. The van der Waals surface area contributed by atoms with Crippen molar-refractivity contribution in [3.63, 3.8) is 0 Å². The lowest BCUT2D eigenvalue weighted by atomic mass is 10.0. The molecule has 0 aliphatic heterocycles. The minimum atomic E-state index is -0.412. The van der Waals surface area contributed by atoms with Crippen molar-refractivity contribution in [2.24, 2.45) is 4.99 Å². The molecule has 0 aliphatic rings. The highest BCUT2D eigenvalue weighted by Gasteiger charge is 2.12. The first kappa shape index (κ1) is 24.5. The molecule has 0 fully saturated rings. The average molecular weight is 500 g/mol. The molecule has 0 atom stereocenters. The molecule has 184 valence electrons. The number of allylic oxidation sites excluding steroid dienone is 1. The molecule has 38 heavy (non-hydrogen) atoms. The predicted octanol–water partition coefficient (Wildman–Crippen LogP) is 7.84. The Balaban J connectivity index is 1.20. The topological polar surface area (TPSA) is 55.7 Å². The van der Waals surface area contributed by atoms with Gasteiger partial charge in [0.2, 0.25) is 0 Å². The molecule has 5 rings (SSSR count). The molecule has 0 heterocycles. The lowest BCUT2D eigenvalue weighted by molar-refractivity contribution is 0.0736. The van der Waals surface area contributed by atoms with Gasteiger partial charge in [0.05, 0.1) is 11.3 Å². The third kappa shape index (κ3) is 5.97. The summed E-state index contributed by atoms with van der Waals surface area (Å²) >= 11 is 0. The molecule has 0 amide bonds. The molecule has 5 aromatic rings. The first-order valence-corrected chi connectivity index (χ1v) is 12.0. The number of esters is 1. The van der Waals surface area contributed by atoms with Crippen LogP contribution in [-0.2, 0) is 0 Å². The van der Waals surface area contributed by atoms with Crippen LogP contribution in [-0.4, -0.2) is 18.0 Å². The third-order valence-electron chi connectivity index (χ3n) is 5.91. The highest BCUT2D eigenvalue weighted by molar-refractivity contribution is 6.07. The number of nitrogens with zero attached hydrogens (tertiary/aromatic N) is 1. The van der Waals surface area contributed by atoms with Gasteiger partial charge in [-0.05, 0) is 94.7 Å². The molecule has 0 aromatic heterocycles. The average Bonchev–Trinajstić information content (AvgIpc) is 2.96. The van der Waals surface area contributed by atoms with Crippen LogP contribution >= 0.6 is 0 Å². The van der Waals surface area contributed by atoms with E-state index < -0.39 is 5.97 Å². The van der Waals surface area contributed by atoms with Crippen LogP contribution in [0.5, 0.6) is 5.75 Å². The van der Waals surface area contributed by atoms with Gasteiger partial charge in [-0.2, -0.15) is 0 Å². The van der Waals surface area contributed by atoms with Crippen LogP contribution in [0.25, 0.3) is 16.8 Å². The molecule has 0 unspecified atom stereocenters. The number of benzene rings is 5. The lowest BCUT2D eigenvalue weighted by Crippen LogP contribution is -2.09. The Morgan fingerprint density at radius 3 is 2.16 bits per heavy atom. The van der Waals surface area contributed by atoms with Gasteiger partial charge >= 0.3 is 5.97 Å².